The smallest absolute Gasteiger partial charge is 0.255 e. The Kier molecular flexibility index (Phi) is 10.4. The zero-order chi connectivity index (χ0) is 37.3. The number of rotatable bonds is 9. The lowest BCUT2D eigenvalue weighted by molar-refractivity contribution is -0.137. The highest BCUT2D eigenvalue weighted by Crippen LogP contribution is 2.37. The van der Waals surface area contributed by atoms with Gasteiger partial charge in [0, 0.05) is 73.5 Å². The summed E-state index contributed by atoms with van der Waals surface area (Å²) in [6.45, 7) is 1.95. The highest BCUT2D eigenvalue weighted by Gasteiger charge is 2.40. The molecule has 1 unspecified atom stereocenters. The van der Waals surface area contributed by atoms with E-state index < -0.39 is 11.9 Å². The Labute approximate surface area is 320 Å². The molecule has 0 radical (unpaired) electrons. The van der Waals surface area contributed by atoms with Gasteiger partial charge in [-0.15, -0.1) is 0 Å². The van der Waals surface area contributed by atoms with Gasteiger partial charge in [-0.3, -0.25) is 29.2 Å². The number of halogens is 1. The molecule has 3 aliphatic heterocycles. The normalized spacial score (nSPS) is 23.1. The number of aryl methyl sites for hydroxylation is 1. The zero-order valence-electron chi connectivity index (χ0n) is 30.6. The number of carbonyl (C=O) groups is 4. The van der Waals surface area contributed by atoms with E-state index in [2.05, 4.69) is 37.9 Å². The Balaban J connectivity index is 0.779. The minimum absolute atomic E-state index is 0.119. The van der Waals surface area contributed by atoms with Crippen molar-refractivity contribution >= 4 is 41.2 Å². The maximum atomic E-state index is 13.2. The SMILES string of the molecule is Cn1ncc(-c2nc(NC3CCC(NCC(=O)N4CCC(C#Cc5cccc6c5CN(C5CCC(=O)NC5=O)C6=O)CC4)CC3)ncc2Cl)c1CC1CC1. The first-order chi connectivity index (χ1) is 26.2. The van der Waals surface area contributed by atoms with Gasteiger partial charge >= 0.3 is 0 Å². The molecule has 1 aromatic carbocycles. The minimum Gasteiger partial charge on any atom is -0.351 e. The number of hydrogen-bond donors (Lipinski definition) is 3. The lowest BCUT2D eigenvalue weighted by Crippen LogP contribution is -2.52. The quantitative estimate of drug-likeness (QED) is 0.219. The third kappa shape index (κ3) is 7.86. The molecule has 2 saturated carbocycles. The van der Waals surface area contributed by atoms with Crippen molar-refractivity contribution in [3.8, 4) is 23.1 Å². The number of benzene rings is 1. The summed E-state index contributed by atoms with van der Waals surface area (Å²) >= 11 is 6.58. The lowest BCUT2D eigenvalue weighted by Gasteiger charge is -2.32. The summed E-state index contributed by atoms with van der Waals surface area (Å²) in [6, 6.07) is 5.38. The Morgan fingerprint density at radius 2 is 1.76 bits per heavy atom. The molecule has 1 atom stereocenters. The van der Waals surface area contributed by atoms with Crippen molar-refractivity contribution in [1.82, 2.24) is 40.2 Å². The number of nitrogens with one attached hydrogen (secondary N) is 3. The van der Waals surface area contributed by atoms with Crippen LogP contribution in [0.15, 0.2) is 30.6 Å². The van der Waals surface area contributed by atoms with Gasteiger partial charge < -0.3 is 20.4 Å². The van der Waals surface area contributed by atoms with E-state index in [4.69, 9.17) is 16.6 Å². The molecule has 0 spiro atoms. The fraction of sp³-hybridized carbons (Fsp3) is 0.525. The van der Waals surface area contributed by atoms with E-state index in [-0.39, 0.29) is 42.1 Å². The molecule has 4 amide bonds. The number of amides is 4. The minimum atomic E-state index is -0.653. The molecule has 3 N–H and O–H groups in total. The molecule has 4 fully saturated rings. The van der Waals surface area contributed by atoms with E-state index in [0.717, 1.165) is 78.9 Å². The Morgan fingerprint density at radius 1 is 0.981 bits per heavy atom. The van der Waals surface area contributed by atoms with Gasteiger partial charge in [-0.25, -0.2) is 9.97 Å². The predicted octanol–water partition coefficient (Wildman–Crippen LogP) is 3.85. The van der Waals surface area contributed by atoms with Crippen LogP contribution in [0.3, 0.4) is 0 Å². The molecule has 13 nitrogen and oxygen atoms in total. The van der Waals surface area contributed by atoms with E-state index in [0.29, 0.717) is 49.1 Å². The van der Waals surface area contributed by atoms with E-state index >= 15 is 0 Å². The summed E-state index contributed by atoms with van der Waals surface area (Å²) in [7, 11) is 1.97. The van der Waals surface area contributed by atoms with Gasteiger partial charge in [0.1, 0.15) is 6.04 Å². The molecule has 0 bridgehead atoms. The standard InChI is InChI=1S/C40H46ClN9O4/c1-48-34(19-25-5-6-25)30(20-44-48)37-32(41)21-43-40(47-37)45-28-11-9-27(10-12-28)42-22-36(52)49-17-15-24(16-18-49)7-8-26-3-2-4-29-31(26)23-50(39(29)54)33-13-14-35(51)46-38(33)53/h2-4,20-21,24-25,27-28,33,42H,5-6,9-19,22-23H2,1H3,(H,43,45,47)(H,46,51,53). The van der Waals surface area contributed by atoms with Crippen molar-refractivity contribution in [2.75, 3.05) is 25.0 Å². The number of fused-ring (bicyclic) bond motifs is 1. The number of hydrogen-bond acceptors (Lipinski definition) is 9. The van der Waals surface area contributed by atoms with Crippen LogP contribution in [0, 0.1) is 23.7 Å². The molecule has 282 valence electrons. The van der Waals surface area contributed by atoms with Gasteiger partial charge in [0.25, 0.3) is 5.91 Å². The largest absolute Gasteiger partial charge is 0.351 e. The topological polar surface area (TPSA) is 154 Å². The number of likely N-dealkylation sites (tertiary alicyclic amines) is 1. The van der Waals surface area contributed by atoms with Crippen LogP contribution in [-0.2, 0) is 34.4 Å². The average molecular weight is 752 g/mol. The fourth-order valence-corrected chi connectivity index (χ4v) is 8.44. The molecular weight excluding hydrogens is 706 g/mol. The molecule has 8 rings (SSSR count). The third-order valence-electron chi connectivity index (χ3n) is 11.7. The number of nitrogens with zero attached hydrogens (tertiary/aromatic N) is 6. The maximum absolute atomic E-state index is 13.2. The van der Waals surface area contributed by atoms with Gasteiger partial charge in [-0.2, -0.15) is 5.10 Å². The summed E-state index contributed by atoms with van der Waals surface area (Å²) < 4.78 is 1.93. The second-order valence-corrected chi connectivity index (χ2v) is 15.8. The van der Waals surface area contributed by atoms with E-state index in [1.54, 1.807) is 17.2 Å². The number of anilines is 1. The molecule has 2 aromatic heterocycles. The first-order valence-electron chi connectivity index (χ1n) is 19.3. The van der Waals surface area contributed by atoms with Crippen LogP contribution in [0.1, 0.15) is 91.4 Å². The molecule has 5 aliphatic rings. The molecule has 54 heavy (non-hydrogen) atoms. The average Bonchev–Trinajstić information content (AvgIpc) is 3.85. The van der Waals surface area contributed by atoms with Gasteiger partial charge in [-0.1, -0.05) is 29.5 Å². The van der Waals surface area contributed by atoms with Crippen LogP contribution in [0.25, 0.3) is 11.3 Å². The summed E-state index contributed by atoms with van der Waals surface area (Å²) in [5.41, 5.74) is 5.04. The number of piperidine rings is 2. The Morgan fingerprint density at radius 3 is 2.52 bits per heavy atom. The van der Waals surface area contributed by atoms with Gasteiger partial charge in [0.2, 0.25) is 23.7 Å². The van der Waals surface area contributed by atoms with Crippen LogP contribution in [0.4, 0.5) is 5.95 Å². The summed E-state index contributed by atoms with van der Waals surface area (Å²) in [5.74, 6) is 7.35. The number of carbonyl (C=O) groups excluding carboxylic acids is 4. The first kappa shape index (κ1) is 36.2. The van der Waals surface area contributed by atoms with Crippen LogP contribution < -0.4 is 16.0 Å². The third-order valence-corrected chi connectivity index (χ3v) is 12.0. The van der Waals surface area contributed by atoms with E-state index in [9.17, 15) is 19.2 Å². The lowest BCUT2D eigenvalue weighted by atomic mass is 9.91. The number of imide groups is 1. The molecule has 14 heteroatoms. The van der Waals surface area contributed by atoms with Gasteiger partial charge in [0.05, 0.1) is 29.7 Å². The van der Waals surface area contributed by atoms with Crippen LogP contribution in [0.5, 0.6) is 0 Å². The van der Waals surface area contributed by atoms with Crippen molar-refractivity contribution in [2.45, 2.75) is 95.3 Å². The Bertz CT molecular complexity index is 2020. The Hall–Kier alpha value is -4.80. The zero-order valence-corrected chi connectivity index (χ0v) is 31.3. The summed E-state index contributed by atoms with van der Waals surface area (Å²) in [4.78, 5) is 63.2. The fourth-order valence-electron chi connectivity index (χ4n) is 8.25. The highest BCUT2D eigenvalue weighted by molar-refractivity contribution is 6.33. The van der Waals surface area contributed by atoms with Crippen LogP contribution in [0.2, 0.25) is 5.02 Å². The monoisotopic (exact) mass is 751 g/mol. The van der Waals surface area contributed by atoms with Crippen molar-refractivity contribution in [2.24, 2.45) is 18.9 Å². The van der Waals surface area contributed by atoms with Crippen molar-refractivity contribution in [3.63, 3.8) is 0 Å². The van der Waals surface area contributed by atoms with Crippen LogP contribution in [-0.4, -0.2) is 90.9 Å². The van der Waals surface area contributed by atoms with E-state index in [1.165, 1.54) is 12.8 Å². The van der Waals surface area contributed by atoms with Crippen molar-refractivity contribution in [1.29, 1.82) is 0 Å². The molecule has 2 saturated heterocycles. The van der Waals surface area contributed by atoms with Crippen molar-refractivity contribution < 1.29 is 19.2 Å². The maximum Gasteiger partial charge on any atom is 0.255 e. The highest BCUT2D eigenvalue weighted by atomic mass is 35.5. The molecule has 5 heterocycles. The number of aromatic nitrogens is 4. The first-order valence-corrected chi connectivity index (χ1v) is 19.7. The predicted molar refractivity (Wildman–Crippen MR) is 202 cm³/mol. The van der Waals surface area contributed by atoms with Crippen molar-refractivity contribution in [3.05, 3.63) is 58.0 Å². The molecular formula is C40H46ClN9O4. The second kappa shape index (κ2) is 15.5. The molecule has 3 aromatic rings. The van der Waals surface area contributed by atoms with Gasteiger partial charge in [0.15, 0.2) is 0 Å². The summed E-state index contributed by atoms with van der Waals surface area (Å²) in [6.07, 6.45) is 13.0. The second-order valence-electron chi connectivity index (χ2n) is 15.4. The van der Waals surface area contributed by atoms with E-state index in [1.807, 2.05) is 35.0 Å². The van der Waals surface area contributed by atoms with Crippen LogP contribution >= 0.6 is 11.6 Å². The summed E-state index contributed by atoms with van der Waals surface area (Å²) in [5, 5.41) is 14.4. The van der Waals surface area contributed by atoms with Gasteiger partial charge in [-0.05, 0) is 87.8 Å². The molecule has 2 aliphatic carbocycles.